The summed E-state index contributed by atoms with van der Waals surface area (Å²) in [6.07, 6.45) is 2.32. The third kappa shape index (κ3) is 4.70. The van der Waals surface area contributed by atoms with Crippen LogP contribution in [0.5, 0.6) is 11.5 Å². The Morgan fingerprint density at radius 2 is 2.20 bits per heavy atom. The van der Waals surface area contributed by atoms with Crippen LogP contribution in [0.25, 0.3) is 0 Å². The van der Waals surface area contributed by atoms with Crippen molar-refractivity contribution in [1.29, 1.82) is 0 Å². The molecule has 0 bridgehead atoms. The van der Waals surface area contributed by atoms with Crippen molar-refractivity contribution in [3.63, 3.8) is 0 Å². The van der Waals surface area contributed by atoms with Gasteiger partial charge in [-0.1, -0.05) is 5.16 Å². The number of hydrogen-bond donors (Lipinski definition) is 1. The third-order valence-corrected chi connectivity index (χ3v) is 4.51. The van der Waals surface area contributed by atoms with Gasteiger partial charge in [-0.25, -0.2) is 0 Å². The summed E-state index contributed by atoms with van der Waals surface area (Å²) in [5.74, 6) is 3.10. The highest BCUT2D eigenvalue weighted by Gasteiger charge is 2.21. The quantitative estimate of drug-likeness (QED) is 0.823. The average molecular weight is 346 g/mol. The minimum Gasteiger partial charge on any atom is -0.497 e. The van der Waals surface area contributed by atoms with Gasteiger partial charge in [0.1, 0.15) is 11.5 Å². The minimum absolute atomic E-state index is 0.428. The van der Waals surface area contributed by atoms with Gasteiger partial charge in [0.05, 0.1) is 20.8 Å². The lowest BCUT2D eigenvalue weighted by molar-refractivity contribution is 0.177. The van der Waals surface area contributed by atoms with Crippen LogP contribution in [0.15, 0.2) is 22.7 Å². The van der Waals surface area contributed by atoms with Gasteiger partial charge in [0.15, 0.2) is 5.82 Å². The standard InChI is InChI=1S/C18H26N4O3/c1-13-20-18(21-25-13)12-22-8-4-5-15(11-22)19-10-14-9-16(23-2)6-7-17(14)24-3/h6-7,9,15,19H,4-5,8,10-12H2,1-3H3. The molecule has 1 aromatic heterocycles. The zero-order valence-electron chi connectivity index (χ0n) is 15.1. The highest BCUT2D eigenvalue weighted by Crippen LogP contribution is 2.24. The minimum atomic E-state index is 0.428. The Kier molecular flexibility index (Phi) is 5.88. The smallest absolute Gasteiger partial charge is 0.223 e. The topological polar surface area (TPSA) is 72.7 Å². The Labute approximate surface area is 148 Å². The van der Waals surface area contributed by atoms with E-state index < -0.39 is 0 Å². The van der Waals surface area contributed by atoms with Crippen LogP contribution in [-0.2, 0) is 13.1 Å². The number of nitrogens with one attached hydrogen (secondary N) is 1. The number of nitrogens with zero attached hydrogens (tertiary/aromatic N) is 3. The van der Waals surface area contributed by atoms with E-state index in [-0.39, 0.29) is 0 Å². The van der Waals surface area contributed by atoms with Gasteiger partial charge < -0.3 is 19.3 Å². The number of benzene rings is 1. The maximum atomic E-state index is 5.45. The fraction of sp³-hybridized carbons (Fsp3) is 0.556. The Morgan fingerprint density at radius 3 is 2.92 bits per heavy atom. The number of aromatic nitrogens is 2. The maximum Gasteiger partial charge on any atom is 0.223 e. The summed E-state index contributed by atoms with van der Waals surface area (Å²) in [4.78, 5) is 6.66. The second kappa shape index (κ2) is 8.31. The van der Waals surface area contributed by atoms with Gasteiger partial charge in [0, 0.05) is 31.6 Å². The largest absolute Gasteiger partial charge is 0.497 e. The normalized spacial score (nSPS) is 18.3. The molecule has 1 N–H and O–H groups in total. The van der Waals surface area contributed by atoms with Crippen LogP contribution in [0.2, 0.25) is 0 Å². The average Bonchev–Trinajstić information content (AvgIpc) is 3.04. The number of methoxy groups -OCH3 is 2. The molecule has 0 spiro atoms. The zero-order valence-corrected chi connectivity index (χ0v) is 15.1. The molecule has 1 aliphatic rings. The van der Waals surface area contributed by atoms with Gasteiger partial charge in [-0.3, -0.25) is 4.90 Å². The molecule has 1 atom stereocenters. The number of rotatable bonds is 7. The van der Waals surface area contributed by atoms with Crippen LogP contribution in [-0.4, -0.2) is 48.4 Å². The summed E-state index contributed by atoms with van der Waals surface area (Å²) in [5.41, 5.74) is 1.10. The molecule has 1 saturated heterocycles. The van der Waals surface area contributed by atoms with E-state index in [9.17, 15) is 0 Å². The Morgan fingerprint density at radius 1 is 1.32 bits per heavy atom. The van der Waals surface area contributed by atoms with Crippen LogP contribution in [0.4, 0.5) is 0 Å². The van der Waals surface area contributed by atoms with Crippen molar-refractivity contribution in [3.8, 4) is 11.5 Å². The maximum absolute atomic E-state index is 5.45. The predicted octanol–water partition coefficient (Wildman–Crippen LogP) is 2.15. The molecule has 0 amide bonds. The van der Waals surface area contributed by atoms with Crippen molar-refractivity contribution >= 4 is 0 Å². The second-order valence-corrected chi connectivity index (χ2v) is 6.36. The first-order valence-corrected chi connectivity index (χ1v) is 8.63. The molecular formula is C18H26N4O3. The molecule has 1 fully saturated rings. The van der Waals surface area contributed by atoms with Crippen LogP contribution in [0.1, 0.15) is 30.1 Å². The number of piperidine rings is 1. The summed E-state index contributed by atoms with van der Waals surface area (Å²) in [5, 5.41) is 7.64. The molecule has 0 radical (unpaired) electrons. The molecule has 0 aliphatic carbocycles. The van der Waals surface area contributed by atoms with Crippen molar-refractivity contribution in [2.75, 3.05) is 27.3 Å². The molecule has 0 saturated carbocycles. The lowest BCUT2D eigenvalue weighted by Gasteiger charge is -2.32. The van der Waals surface area contributed by atoms with E-state index >= 15 is 0 Å². The van der Waals surface area contributed by atoms with Gasteiger partial charge in [-0.05, 0) is 37.6 Å². The van der Waals surface area contributed by atoms with Crippen molar-refractivity contribution in [2.45, 2.75) is 38.9 Å². The molecule has 7 nitrogen and oxygen atoms in total. The van der Waals surface area contributed by atoms with Gasteiger partial charge >= 0.3 is 0 Å². The van der Waals surface area contributed by atoms with Crippen molar-refractivity contribution < 1.29 is 14.0 Å². The van der Waals surface area contributed by atoms with Crippen molar-refractivity contribution in [3.05, 3.63) is 35.5 Å². The third-order valence-electron chi connectivity index (χ3n) is 4.51. The van der Waals surface area contributed by atoms with Gasteiger partial charge in [-0.15, -0.1) is 0 Å². The van der Waals surface area contributed by atoms with Gasteiger partial charge in [0.2, 0.25) is 5.89 Å². The predicted molar refractivity (Wildman–Crippen MR) is 93.7 cm³/mol. The van der Waals surface area contributed by atoms with Crippen LogP contribution >= 0.6 is 0 Å². The number of hydrogen-bond acceptors (Lipinski definition) is 7. The van der Waals surface area contributed by atoms with Crippen LogP contribution in [0, 0.1) is 6.92 Å². The first-order valence-electron chi connectivity index (χ1n) is 8.63. The summed E-state index contributed by atoms with van der Waals surface area (Å²) < 4.78 is 15.8. The molecule has 1 aromatic carbocycles. The summed E-state index contributed by atoms with van der Waals surface area (Å²) in [6, 6.07) is 6.31. The number of ether oxygens (including phenoxy) is 2. The van der Waals surface area contributed by atoms with Crippen LogP contribution in [0.3, 0.4) is 0 Å². The number of likely N-dealkylation sites (tertiary alicyclic amines) is 1. The van der Waals surface area contributed by atoms with Crippen molar-refractivity contribution in [1.82, 2.24) is 20.4 Å². The Hall–Kier alpha value is -2.12. The lowest BCUT2D eigenvalue weighted by Crippen LogP contribution is -2.45. The Bertz CT molecular complexity index is 689. The zero-order chi connectivity index (χ0) is 17.6. The monoisotopic (exact) mass is 346 g/mol. The van der Waals surface area contributed by atoms with Crippen molar-refractivity contribution in [2.24, 2.45) is 0 Å². The highest BCUT2D eigenvalue weighted by atomic mass is 16.5. The van der Waals surface area contributed by atoms with E-state index in [0.29, 0.717) is 11.9 Å². The van der Waals surface area contributed by atoms with E-state index in [1.165, 1.54) is 0 Å². The van der Waals surface area contributed by atoms with Crippen LogP contribution < -0.4 is 14.8 Å². The first kappa shape index (κ1) is 17.7. The molecule has 2 aromatic rings. The van der Waals surface area contributed by atoms with Gasteiger partial charge in [0.25, 0.3) is 0 Å². The SMILES string of the molecule is COc1ccc(OC)c(CNC2CCCN(Cc3noc(C)n3)C2)c1. The van der Waals surface area contributed by atoms with E-state index in [0.717, 1.165) is 61.9 Å². The fourth-order valence-electron chi connectivity index (χ4n) is 3.25. The van der Waals surface area contributed by atoms with Gasteiger partial charge in [-0.2, -0.15) is 4.98 Å². The molecular weight excluding hydrogens is 320 g/mol. The highest BCUT2D eigenvalue weighted by molar-refractivity contribution is 5.40. The molecule has 1 aliphatic heterocycles. The van der Waals surface area contributed by atoms with E-state index in [1.54, 1.807) is 14.2 Å². The molecule has 25 heavy (non-hydrogen) atoms. The van der Waals surface area contributed by atoms with E-state index in [2.05, 4.69) is 20.4 Å². The number of aryl methyl sites for hydroxylation is 1. The summed E-state index contributed by atoms with van der Waals surface area (Å²) in [7, 11) is 3.37. The summed E-state index contributed by atoms with van der Waals surface area (Å²) >= 11 is 0. The molecule has 2 heterocycles. The second-order valence-electron chi connectivity index (χ2n) is 6.36. The lowest BCUT2D eigenvalue weighted by atomic mass is 10.0. The van der Waals surface area contributed by atoms with E-state index in [4.69, 9.17) is 14.0 Å². The molecule has 3 rings (SSSR count). The molecule has 7 heteroatoms. The fourth-order valence-corrected chi connectivity index (χ4v) is 3.25. The molecule has 136 valence electrons. The molecule has 1 unspecified atom stereocenters. The first-order chi connectivity index (χ1) is 12.2. The Balaban J connectivity index is 1.56. The van der Waals surface area contributed by atoms with E-state index in [1.807, 2.05) is 25.1 Å². The summed E-state index contributed by atoms with van der Waals surface area (Å²) in [6.45, 7) is 5.34.